The molecule has 3 N–H and O–H groups in total. The summed E-state index contributed by atoms with van der Waals surface area (Å²) in [6, 6.07) is 5.27. The minimum Gasteiger partial charge on any atom is -0.491 e. The van der Waals surface area contributed by atoms with Crippen molar-refractivity contribution in [2.75, 3.05) is 18.9 Å². The topological polar surface area (TPSA) is 64.3 Å². The number of amides is 1. The van der Waals surface area contributed by atoms with Gasteiger partial charge in [-0.2, -0.15) is 0 Å². The van der Waals surface area contributed by atoms with Gasteiger partial charge < -0.3 is 15.8 Å². The highest BCUT2D eigenvalue weighted by Crippen LogP contribution is 2.33. The number of benzene rings is 1. The maximum absolute atomic E-state index is 12.1. The molecule has 1 aliphatic rings. The molecule has 4 heteroatoms. The van der Waals surface area contributed by atoms with Gasteiger partial charge in [-0.3, -0.25) is 4.79 Å². The lowest BCUT2D eigenvalue weighted by Crippen LogP contribution is -2.25. The first-order valence-corrected chi connectivity index (χ1v) is 7.02. The van der Waals surface area contributed by atoms with Gasteiger partial charge in [0.1, 0.15) is 0 Å². The molecular formula is C15H22N2O2. The number of carbonyl (C=O) groups excluding carboxylic acids is 1. The average Bonchev–Trinajstić information content (AvgIpc) is 3.21. The van der Waals surface area contributed by atoms with Crippen molar-refractivity contribution in [2.45, 2.75) is 32.6 Å². The maximum Gasteiger partial charge on any atom is 0.255 e. The van der Waals surface area contributed by atoms with Gasteiger partial charge in [-0.15, -0.1) is 0 Å². The van der Waals surface area contributed by atoms with Crippen molar-refractivity contribution in [3.8, 4) is 5.75 Å². The molecule has 1 aromatic carbocycles. The fraction of sp³-hybridized carbons (Fsp3) is 0.533. The van der Waals surface area contributed by atoms with Crippen LogP contribution in [0.1, 0.15) is 43.0 Å². The summed E-state index contributed by atoms with van der Waals surface area (Å²) >= 11 is 0. The van der Waals surface area contributed by atoms with Crippen LogP contribution in [-0.4, -0.2) is 19.1 Å². The second-order valence-electron chi connectivity index (χ2n) is 5.00. The van der Waals surface area contributed by atoms with Crippen molar-refractivity contribution in [2.24, 2.45) is 5.92 Å². The molecule has 4 nitrogen and oxygen atoms in total. The van der Waals surface area contributed by atoms with Crippen LogP contribution >= 0.6 is 0 Å². The summed E-state index contributed by atoms with van der Waals surface area (Å²) in [6.07, 6.45) is 4.98. The SMILES string of the molecule is CCOc1c(N)cccc1C(=O)NCCCC1CC1. The molecule has 104 valence electrons. The molecule has 2 rings (SSSR count). The predicted octanol–water partition coefficient (Wildman–Crippen LogP) is 2.59. The number of nitrogens with two attached hydrogens (primary N) is 1. The zero-order valence-corrected chi connectivity index (χ0v) is 11.4. The summed E-state index contributed by atoms with van der Waals surface area (Å²) in [5, 5.41) is 2.93. The molecule has 0 aliphatic heterocycles. The molecule has 0 radical (unpaired) electrons. The molecule has 0 unspecified atom stereocenters. The average molecular weight is 262 g/mol. The van der Waals surface area contributed by atoms with E-state index in [0.717, 1.165) is 18.9 Å². The summed E-state index contributed by atoms with van der Waals surface area (Å²) in [5.74, 6) is 1.29. The molecular weight excluding hydrogens is 240 g/mol. The van der Waals surface area contributed by atoms with Gasteiger partial charge in [0.2, 0.25) is 0 Å². The number of ether oxygens (including phenoxy) is 1. The Bertz CT molecular complexity index is 442. The Labute approximate surface area is 114 Å². The van der Waals surface area contributed by atoms with Crippen molar-refractivity contribution in [1.82, 2.24) is 5.32 Å². The van der Waals surface area contributed by atoms with Crippen molar-refractivity contribution in [3.63, 3.8) is 0 Å². The summed E-state index contributed by atoms with van der Waals surface area (Å²) < 4.78 is 5.46. The molecule has 0 saturated heterocycles. The van der Waals surface area contributed by atoms with Crippen molar-refractivity contribution < 1.29 is 9.53 Å². The molecule has 1 amide bonds. The van der Waals surface area contributed by atoms with E-state index in [4.69, 9.17) is 10.5 Å². The van der Waals surface area contributed by atoms with E-state index in [0.29, 0.717) is 23.6 Å². The van der Waals surface area contributed by atoms with E-state index in [1.165, 1.54) is 19.3 Å². The molecule has 1 aromatic rings. The minimum atomic E-state index is -0.105. The molecule has 0 heterocycles. The van der Waals surface area contributed by atoms with E-state index in [1.807, 2.05) is 6.92 Å². The van der Waals surface area contributed by atoms with Gasteiger partial charge in [0, 0.05) is 6.54 Å². The summed E-state index contributed by atoms with van der Waals surface area (Å²) in [5.41, 5.74) is 6.87. The smallest absolute Gasteiger partial charge is 0.255 e. The maximum atomic E-state index is 12.1. The fourth-order valence-electron chi connectivity index (χ4n) is 2.13. The number of anilines is 1. The number of nitrogens with one attached hydrogen (secondary N) is 1. The lowest BCUT2D eigenvalue weighted by molar-refractivity contribution is 0.0949. The summed E-state index contributed by atoms with van der Waals surface area (Å²) in [7, 11) is 0. The summed E-state index contributed by atoms with van der Waals surface area (Å²) in [4.78, 5) is 12.1. The van der Waals surface area contributed by atoms with Gasteiger partial charge in [-0.05, 0) is 37.8 Å². The predicted molar refractivity (Wildman–Crippen MR) is 76.3 cm³/mol. The first-order chi connectivity index (χ1) is 9.22. The highest BCUT2D eigenvalue weighted by atomic mass is 16.5. The van der Waals surface area contributed by atoms with Crippen LogP contribution in [0, 0.1) is 5.92 Å². The van der Waals surface area contributed by atoms with E-state index in [1.54, 1.807) is 18.2 Å². The van der Waals surface area contributed by atoms with Gasteiger partial charge >= 0.3 is 0 Å². The Hall–Kier alpha value is -1.71. The second kappa shape index (κ2) is 6.45. The number of hydrogen-bond donors (Lipinski definition) is 2. The van der Waals surface area contributed by atoms with Crippen LogP contribution in [0.4, 0.5) is 5.69 Å². The van der Waals surface area contributed by atoms with E-state index in [-0.39, 0.29) is 5.91 Å². The van der Waals surface area contributed by atoms with Crippen LogP contribution in [0.5, 0.6) is 5.75 Å². The highest BCUT2D eigenvalue weighted by Gasteiger charge is 2.20. The molecule has 0 aromatic heterocycles. The van der Waals surface area contributed by atoms with Crippen LogP contribution in [-0.2, 0) is 0 Å². The van der Waals surface area contributed by atoms with E-state index < -0.39 is 0 Å². The fourth-order valence-corrected chi connectivity index (χ4v) is 2.13. The lowest BCUT2D eigenvalue weighted by Gasteiger charge is -2.12. The lowest BCUT2D eigenvalue weighted by atomic mass is 10.1. The normalized spacial score (nSPS) is 14.2. The zero-order valence-electron chi connectivity index (χ0n) is 11.4. The van der Waals surface area contributed by atoms with Crippen LogP contribution in [0.25, 0.3) is 0 Å². The third-order valence-electron chi connectivity index (χ3n) is 3.35. The van der Waals surface area contributed by atoms with Gasteiger partial charge in [0.25, 0.3) is 5.91 Å². The largest absolute Gasteiger partial charge is 0.491 e. The van der Waals surface area contributed by atoms with E-state index in [9.17, 15) is 4.79 Å². The van der Waals surface area contributed by atoms with Crippen LogP contribution in [0.15, 0.2) is 18.2 Å². The van der Waals surface area contributed by atoms with Gasteiger partial charge in [0.05, 0.1) is 17.9 Å². The van der Waals surface area contributed by atoms with Gasteiger partial charge in [-0.25, -0.2) is 0 Å². The Morgan fingerprint density at radius 1 is 1.47 bits per heavy atom. The Kier molecular flexibility index (Phi) is 4.66. The number of para-hydroxylation sites is 1. The number of carbonyl (C=O) groups is 1. The molecule has 0 bridgehead atoms. The number of hydrogen-bond acceptors (Lipinski definition) is 3. The van der Waals surface area contributed by atoms with Crippen LogP contribution < -0.4 is 15.8 Å². The number of rotatable bonds is 7. The molecule has 1 fully saturated rings. The van der Waals surface area contributed by atoms with Crippen molar-refractivity contribution in [1.29, 1.82) is 0 Å². The molecule has 0 spiro atoms. The first-order valence-electron chi connectivity index (χ1n) is 7.02. The highest BCUT2D eigenvalue weighted by molar-refractivity contribution is 5.98. The summed E-state index contributed by atoms with van der Waals surface area (Å²) in [6.45, 7) is 3.09. The number of nitrogen functional groups attached to an aromatic ring is 1. The first kappa shape index (κ1) is 13.7. The van der Waals surface area contributed by atoms with Crippen LogP contribution in [0.3, 0.4) is 0 Å². The monoisotopic (exact) mass is 262 g/mol. The van der Waals surface area contributed by atoms with Crippen molar-refractivity contribution in [3.05, 3.63) is 23.8 Å². The van der Waals surface area contributed by atoms with Gasteiger partial charge in [-0.1, -0.05) is 18.9 Å². The molecule has 1 saturated carbocycles. The Balaban J connectivity index is 1.91. The second-order valence-corrected chi connectivity index (χ2v) is 5.00. The van der Waals surface area contributed by atoms with E-state index in [2.05, 4.69) is 5.32 Å². The Morgan fingerprint density at radius 2 is 2.26 bits per heavy atom. The quantitative estimate of drug-likeness (QED) is 0.586. The van der Waals surface area contributed by atoms with Gasteiger partial charge in [0.15, 0.2) is 5.75 Å². The third-order valence-corrected chi connectivity index (χ3v) is 3.35. The Morgan fingerprint density at radius 3 is 2.95 bits per heavy atom. The minimum absolute atomic E-state index is 0.105. The molecule has 1 aliphatic carbocycles. The zero-order chi connectivity index (χ0) is 13.7. The van der Waals surface area contributed by atoms with E-state index >= 15 is 0 Å². The van der Waals surface area contributed by atoms with Crippen molar-refractivity contribution >= 4 is 11.6 Å². The third kappa shape index (κ3) is 3.88. The molecule has 0 atom stereocenters. The van der Waals surface area contributed by atoms with Crippen LogP contribution in [0.2, 0.25) is 0 Å². The molecule has 19 heavy (non-hydrogen) atoms. The standard InChI is InChI=1S/C15H22N2O2/c1-2-19-14-12(6-3-7-13(14)16)15(18)17-10-4-5-11-8-9-11/h3,6-7,11H,2,4-5,8-10,16H2,1H3,(H,17,18).